The fourth-order valence-corrected chi connectivity index (χ4v) is 3.40. The number of aromatic nitrogens is 3. The van der Waals surface area contributed by atoms with Crippen LogP contribution in [0, 0.1) is 24.1 Å². The van der Waals surface area contributed by atoms with E-state index < -0.39 is 5.82 Å². The highest BCUT2D eigenvalue weighted by molar-refractivity contribution is 5.73. The minimum atomic E-state index is -0.473. The summed E-state index contributed by atoms with van der Waals surface area (Å²) in [5, 5.41) is 14.0. The Balaban J connectivity index is 1.50. The number of halogens is 1. The van der Waals surface area contributed by atoms with Crippen LogP contribution in [0.1, 0.15) is 36.7 Å². The zero-order valence-electron chi connectivity index (χ0n) is 19.1. The topological polar surface area (TPSA) is 99.0 Å². The second-order valence-corrected chi connectivity index (χ2v) is 8.10. The summed E-state index contributed by atoms with van der Waals surface area (Å²) in [4.78, 5) is 4.23. The minimum absolute atomic E-state index is 0.0233. The van der Waals surface area contributed by atoms with Crippen LogP contribution < -0.4 is 15.2 Å². The Kier molecular flexibility index (Phi) is 6.46. The van der Waals surface area contributed by atoms with E-state index in [1.807, 2.05) is 32.9 Å². The maximum Gasteiger partial charge on any atom is 0.140 e. The van der Waals surface area contributed by atoms with E-state index in [4.69, 9.17) is 15.2 Å². The van der Waals surface area contributed by atoms with Gasteiger partial charge in [0.25, 0.3) is 0 Å². The minimum Gasteiger partial charge on any atom is -0.489 e. The largest absolute Gasteiger partial charge is 0.489 e. The molecule has 0 saturated heterocycles. The van der Waals surface area contributed by atoms with Crippen LogP contribution in [0.3, 0.4) is 0 Å². The van der Waals surface area contributed by atoms with Gasteiger partial charge in [0.05, 0.1) is 0 Å². The molecule has 172 valence electrons. The Morgan fingerprint density at radius 1 is 1.06 bits per heavy atom. The van der Waals surface area contributed by atoms with Crippen molar-refractivity contribution in [1.82, 2.24) is 14.8 Å². The number of nitriles is 1. The van der Waals surface area contributed by atoms with Crippen molar-refractivity contribution in [2.75, 3.05) is 5.73 Å². The average Bonchev–Trinajstić information content (AvgIpc) is 3.15. The number of nitrogens with two attached hydrogens (primary N) is 1. The lowest BCUT2D eigenvalue weighted by atomic mass is 10.1. The van der Waals surface area contributed by atoms with Gasteiger partial charge in [0.15, 0.2) is 0 Å². The maximum absolute atomic E-state index is 14.2. The molecular formula is C26H24FN5O2. The molecule has 2 aromatic carbocycles. The van der Waals surface area contributed by atoms with E-state index in [-0.39, 0.29) is 12.6 Å². The highest BCUT2D eigenvalue weighted by Crippen LogP contribution is 2.32. The summed E-state index contributed by atoms with van der Waals surface area (Å²) in [6.07, 6.45) is 1.73. The number of nitrogens with zero attached hydrogens (tertiary/aromatic N) is 4. The predicted octanol–water partition coefficient (Wildman–Crippen LogP) is 5.80. The van der Waals surface area contributed by atoms with Crippen LogP contribution in [-0.2, 0) is 6.61 Å². The van der Waals surface area contributed by atoms with Gasteiger partial charge in [0.2, 0.25) is 0 Å². The fraction of sp³-hybridized carbons (Fsp3) is 0.192. The number of nitrogen functional groups attached to an aromatic ring is 1. The van der Waals surface area contributed by atoms with Crippen LogP contribution in [0.4, 0.5) is 10.2 Å². The second-order valence-electron chi connectivity index (χ2n) is 8.10. The van der Waals surface area contributed by atoms with E-state index in [2.05, 4.69) is 16.2 Å². The number of benzene rings is 2. The van der Waals surface area contributed by atoms with Crippen molar-refractivity contribution in [2.24, 2.45) is 0 Å². The van der Waals surface area contributed by atoms with Crippen molar-refractivity contribution in [1.29, 1.82) is 5.26 Å². The molecule has 0 saturated carbocycles. The molecule has 2 aromatic heterocycles. The molecule has 34 heavy (non-hydrogen) atoms. The number of hydrogen-bond acceptors (Lipinski definition) is 6. The first-order valence-electron chi connectivity index (χ1n) is 10.8. The molecule has 8 heteroatoms. The first kappa shape index (κ1) is 22.8. The third-order valence-electron chi connectivity index (χ3n) is 5.13. The zero-order valence-corrected chi connectivity index (χ0v) is 19.1. The van der Waals surface area contributed by atoms with E-state index in [9.17, 15) is 9.65 Å². The lowest BCUT2D eigenvalue weighted by Gasteiger charge is -2.10. The molecule has 2 heterocycles. The van der Waals surface area contributed by atoms with E-state index in [0.29, 0.717) is 34.3 Å². The summed E-state index contributed by atoms with van der Waals surface area (Å²) in [6, 6.07) is 17.2. The number of anilines is 1. The molecule has 0 fully saturated rings. The monoisotopic (exact) mass is 457 g/mol. The van der Waals surface area contributed by atoms with Crippen LogP contribution in [0.25, 0.3) is 11.3 Å². The number of hydrogen-bond donors (Lipinski definition) is 1. The van der Waals surface area contributed by atoms with Crippen molar-refractivity contribution in [3.8, 4) is 34.6 Å². The van der Waals surface area contributed by atoms with Crippen molar-refractivity contribution in [3.63, 3.8) is 0 Å². The molecule has 4 rings (SSSR count). The van der Waals surface area contributed by atoms with Gasteiger partial charge in [-0.2, -0.15) is 10.4 Å². The fourth-order valence-electron chi connectivity index (χ4n) is 3.40. The Morgan fingerprint density at radius 3 is 2.44 bits per heavy atom. The van der Waals surface area contributed by atoms with Gasteiger partial charge in [0.1, 0.15) is 52.8 Å². The predicted molar refractivity (Wildman–Crippen MR) is 127 cm³/mol. The molecule has 0 spiro atoms. The SMILES string of the molecule is Cc1ccc(COc2cc(F)cc(Oc3ccc(-c4nn(C(C)C)c(N)c4C#N)cc3)c2)cn1. The lowest BCUT2D eigenvalue weighted by Crippen LogP contribution is -2.07. The van der Waals surface area contributed by atoms with Crippen LogP contribution in [0.2, 0.25) is 0 Å². The molecule has 0 amide bonds. The maximum atomic E-state index is 14.2. The van der Waals surface area contributed by atoms with Crippen LogP contribution in [0.5, 0.6) is 17.2 Å². The van der Waals surface area contributed by atoms with Gasteiger partial charge in [-0.05, 0) is 51.1 Å². The third kappa shape index (κ3) is 4.99. The molecule has 4 aromatic rings. The number of pyridine rings is 1. The molecule has 0 aliphatic rings. The molecule has 0 aliphatic heterocycles. The molecule has 7 nitrogen and oxygen atoms in total. The first-order chi connectivity index (χ1) is 16.3. The van der Waals surface area contributed by atoms with Crippen LogP contribution in [0.15, 0.2) is 60.8 Å². The summed E-state index contributed by atoms with van der Waals surface area (Å²) < 4.78 is 27.3. The Labute approximate surface area is 197 Å². The summed E-state index contributed by atoms with van der Waals surface area (Å²) >= 11 is 0. The van der Waals surface area contributed by atoms with Gasteiger partial charge in [-0.1, -0.05) is 6.07 Å². The lowest BCUT2D eigenvalue weighted by molar-refractivity contribution is 0.302. The summed E-state index contributed by atoms with van der Waals surface area (Å²) in [5.74, 6) is 1.01. The smallest absolute Gasteiger partial charge is 0.140 e. The standard InChI is InChI=1S/C26H24FN5O2/c1-16(2)32-26(29)24(13-28)25(31-32)19-6-8-21(9-7-19)34-23-11-20(27)10-22(12-23)33-15-18-5-4-17(3)30-14-18/h4-12,14,16H,15,29H2,1-3H3. The molecule has 0 bridgehead atoms. The Hall–Kier alpha value is -4.38. The average molecular weight is 458 g/mol. The summed E-state index contributed by atoms with van der Waals surface area (Å²) in [5.41, 5.74) is 9.44. The number of rotatable bonds is 7. The van der Waals surface area contributed by atoms with Crippen molar-refractivity contribution in [2.45, 2.75) is 33.4 Å². The van der Waals surface area contributed by atoms with Crippen LogP contribution >= 0.6 is 0 Å². The second kappa shape index (κ2) is 9.63. The van der Waals surface area contributed by atoms with E-state index in [1.54, 1.807) is 41.2 Å². The first-order valence-corrected chi connectivity index (χ1v) is 10.8. The molecule has 0 atom stereocenters. The van der Waals surface area contributed by atoms with E-state index in [1.165, 1.54) is 12.1 Å². The van der Waals surface area contributed by atoms with Gasteiger partial charge >= 0.3 is 0 Å². The Bertz CT molecular complexity index is 1340. The molecular weight excluding hydrogens is 433 g/mol. The molecule has 2 N–H and O–H groups in total. The van der Waals surface area contributed by atoms with Gasteiger partial charge in [-0.3, -0.25) is 4.98 Å². The Morgan fingerprint density at radius 2 is 1.79 bits per heavy atom. The van der Waals surface area contributed by atoms with Gasteiger partial charge in [-0.15, -0.1) is 0 Å². The van der Waals surface area contributed by atoms with Gasteiger partial charge < -0.3 is 15.2 Å². The highest BCUT2D eigenvalue weighted by atomic mass is 19.1. The van der Waals surface area contributed by atoms with Crippen molar-refractivity contribution >= 4 is 5.82 Å². The molecule has 0 radical (unpaired) electrons. The number of ether oxygens (including phenoxy) is 2. The quantitative estimate of drug-likeness (QED) is 0.377. The normalized spacial score (nSPS) is 10.8. The van der Waals surface area contributed by atoms with E-state index in [0.717, 1.165) is 16.8 Å². The molecule has 0 unspecified atom stereocenters. The van der Waals surface area contributed by atoms with E-state index >= 15 is 0 Å². The highest BCUT2D eigenvalue weighted by Gasteiger charge is 2.18. The van der Waals surface area contributed by atoms with Gasteiger partial charge in [-0.25, -0.2) is 9.07 Å². The van der Waals surface area contributed by atoms with Gasteiger partial charge in [0, 0.05) is 47.3 Å². The summed E-state index contributed by atoms with van der Waals surface area (Å²) in [7, 11) is 0. The summed E-state index contributed by atoms with van der Waals surface area (Å²) in [6.45, 7) is 6.06. The number of aryl methyl sites for hydroxylation is 1. The third-order valence-corrected chi connectivity index (χ3v) is 5.13. The van der Waals surface area contributed by atoms with Crippen molar-refractivity contribution in [3.05, 3.63) is 83.4 Å². The zero-order chi connectivity index (χ0) is 24.2. The van der Waals surface area contributed by atoms with Crippen LogP contribution in [-0.4, -0.2) is 14.8 Å². The van der Waals surface area contributed by atoms with Crippen molar-refractivity contribution < 1.29 is 13.9 Å². The molecule has 0 aliphatic carbocycles.